The molecule has 6 heteroatoms. The summed E-state index contributed by atoms with van der Waals surface area (Å²) < 4.78 is 2.13. The summed E-state index contributed by atoms with van der Waals surface area (Å²) in [7, 11) is 0. The third-order valence-corrected chi connectivity index (χ3v) is 3.06. The molecular weight excluding hydrogens is 206 g/mol. The van der Waals surface area contributed by atoms with Crippen molar-refractivity contribution in [2.75, 3.05) is 6.54 Å². The zero-order chi connectivity index (χ0) is 11.5. The van der Waals surface area contributed by atoms with Crippen molar-refractivity contribution in [3.05, 3.63) is 18.2 Å². The molecule has 0 spiro atoms. The van der Waals surface area contributed by atoms with E-state index in [1.807, 2.05) is 19.3 Å². The van der Waals surface area contributed by atoms with Gasteiger partial charge in [-0.1, -0.05) is 12.1 Å². The molecule has 0 aromatic carbocycles. The lowest BCUT2D eigenvalue weighted by molar-refractivity contribution is 0.181. The zero-order valence-electron chi connectivity index (χ0n) is 9.37. The molecule has 0 radical (unpaired) electrons. The van der Waals surface area contributed by atoms with Crippen LogP contribution in [0.1, 0.15) is 19.2 Å². The molecule has 2 heterocycles. The fourth-order valence-corrected chi connectivity index (χ4v) is 2.18. The first kappa shape index (κ1) is 10.9. The van der Waals surface area contributed by atoms with Crippen LogP contribution in [0.2, 0.25) is 0 Å². The number of aromatic nitrogens is 2. The van der Waals surface area contributed by atoms with Gasteiger partial charge in [-0.25, -0.2) is 4.98 Å². The molecule has 2 rings (SSSR count). The predicted molar refractivity (Wildman–Crippen MR) is 60.1 cm³/mol. The minimum atomic E-state index is -0.00421. The number of hydrogen-bond acceptors (Lipinski definition) is 4. The summed E-state index contributed by atoms with van der Waals surface area (Å²) in [6.07, 6.45) is 4.62. The molecule has 1 aromatic rings. The Bertz CT molecular complexity index is 386. The van der Waals surface area contributed by atoms with E-state index in [0.29, 0.717) is 0 Å². The van der Waals surface area contributed by atoms with Gasteiger partial charge in [0.05, 0.1) is 12.6 Å². The van der Waals surface area contributed by atoms with Gasteiger partial charge in [-0.2, -0.15) is 0 Å². The normalized spacial score (nSPS) is 19.4. The average Bonchev–Trinajstić information content (AvgIpc) is 2.77. The van der Waals surface area contributed by atoms with E-state index in [1.165, 1.54) is 0 Å². The van der Waals surface area contributed by atoms with E-state index in [4.69, 9.17) is 10.9 Å². The largest absolute Gasteiger partial charge is 0.409 e. The zero-order valence-corrected chi connectivity index (χ0v) is 9.37. The quantitative estimate of drug-likeness (QED) is 0.332. The number of nitrogens with zero attached hydrogens (tertiary/aromatic N) is 4. The highest BCUT2D eigenvalue weighted by Gasteiger charge is 2.25. The van der Waals surface area contributed by atoms with Crippen molar-refractivity contribution in [2.45, 2.75) is 32.5 Å². The SMILES string of the molecule is CCC(C(N)=NO)N1CCn2ccnc2C1. The van der Waals surface area contributed by atoms with Gasteiger partial charge in [0.25, 0.3) is 0 Å². The molecule has 16 heavy (non-hydrogen) atoms. The van der Waals surface area contributed by atoms with Crippen LogP contribution in [-0.2, 0) is 13.1 Å². The molecule has 0 fully saturated rings. The van der Waals surface area contributed by atoms with Crippen LogP contribution in [0.5, 0.6) is 0 Å². The van der Waals surface area contributed by atoms with E-state index in [9.17, 15) is 0 Å². The van der Waals surface area contributed by atoms with Gasteiger partial charge in [-0.3, -0.25) is 4.90 Å². The first-order chi connectivity index (χ1) is 7.76. The Labute approximate surface area is 94.4 Å². The number of amidine groups is 1. The standard InChI is InChI=1S/C10H17N5O/c1-2-8(10(11)13-16)15-6-5-14-4-3-12-9(14)7-15/h3-4,8,16H,2,5-7H2,1H3,(H2,11,13). The summed E-state index contributed by atoms with van der Waals surface area (Å²) in [5, 5.41) is 11.8. The van der Waals surface area contributed by atoms with Gasteiger partial charge >= 0.3 is 0 Å². The monoisotopic (exact) mass is 223 g/mol. The highest BCUT2D eigenvalue weighted by molar-refractivity contribution is 5.85. The molecule has 1 aromatic heterocycles. The van der Waals surface area contributed by atoms with Crippen LogP contribution in [-0.4, -0.2) is 38.1 Å². The van der Waals surface area contributed by atoms with Gasteiger partial charge < -0.3 is 15.5 Å². The third kappa shape index (κ3) is 1.88. The first-order valence-electron chi connectivity index (χ1n) is 5.47. The van der Waals surface area contributed by atoms with Crippen LogP contribution >= 0.6 is 0 Å². The van der Waals surface area contributed by atoms with Crippen LogP contribution in [0.25, 0.3) is 0 Å². The Morgan fingerprint density at radius 1 is 1.69 bits per heavy atom. The van der Waals surface area contributed by atoms with Gasteiger partial charge in [0.1, 0.15) is 5.82 Å². The summed E-state index contributed by atoms with van der Waals surface area (Å²) in [5.41, 5.74) is 5.68. The minimum Gasteiger partial charge on any atom is -0.409 e. The van der Waals surface area contributed by atoms with Crippen LogP contribution in [0.4, 0.5) is 0 Å². The van der Waals surface area contributed by atoms with E-state index < -0.39 is 0 Å². The molecule has 0 aliphatic carbocycles. The molecule has 0 amide bonds. The average molecular weight is 223 g/mol. The molecule has 0 saturated heterocycles. The fraction of sp³-hybridized carbons (Fsp3) is 0.600. The molecule has 0 saturated carbocycles. The molecule has 1 aliphatic heterocycles. The molecule has 0 bridgehead atoms. The van der Waals surface area contributed by atoms with E-state index in [2.05, 4.69) is 19.6 Å². The summed E-state index contributed by atoms with van der Waals surface area (Å²) in [4.78, 5) is 6.48. The Morgan fingerprint density at radius 2 is 2.50 bits per heavy atom. The van der Waals surface area contributed by atoms with Crippen LogP contribution in [0.3, 0.4) is 0 Å². The van der Waals surface area contributed by atoms with E-state index in [1.54, 1.807) is 0 Å². The Morgan fingerprint density at radius 3 is 3.19 bits per heavy atom. The second-order valence-electron chi connectivity index (χ2n) is 3.96. The second-order valence-corrected chi connectivity index (χ2v) is 3.96. The lowest BCUT2D eigenvalue weighted by atomic mass is 10.1. The number of hydrogen-bond donors (Lipinski definition) is 2. The Kier molecular flexibility index (Phi) is 3.09. The van der Waals surface area contributed by atoms with Crippen LogP contribution in [0, 0.1) is 0 Å². The maximum absolute atomic E-state index is 8.74. The number of nitrogens with two attached hydrogens (primary N) is 1. The summed E-state index contributed by atoms with van der Waals surface area (Å²) in [6.45, 7) is 4.59. The second kappa shape index (κ2) is 4.52. The molecular formula is C10H17N5O. The van der Waals surface area contributed by atoms with Crippen molar-refractivity contribution in [3.63, 3.8) is 0 Å². The third-order valence-electron chi connectivity index (χ3n) is 3.06. The molecule has 1 atom stereocenters. The van der Waals surface area contributed by atoms with Gasteiger partial charge in [0.2, 0.25) is 0 Å². The van der Waals surface area contributed by atoms with Crippen molar-refractivity contribution in [3.8, 4) is 0 Å². The van der Waals surface area contributed by atoms with Crippen molar-refractivity contribution in [1.29, 1.82) is 0 Å². The topological polar surface area (TPSA) is 79.7 Å². The van der Waals surface area contributed by atoms with Crippen LogP contribution < -0.4 is 5.73 Å². The molecule has 1 unspecified atom stereocenters. The highest BCUT2D eigenvalue weighted by atomic mass is 16.4. The van der Waals surface area contributed by atoms with Gasteiger partial charge in [-0.05, 0) is 6.42 Å². The highest BCUT2D eigenvalue weighted by Crippen LogP contribution is 2.15. The number of rotatable bonds is 3. The maximum atomic E-state index is 8.74. The maximum Gasteiger partial charge on any atom is 0.156 e. The Hall–Kier alpha value is -1.56. The van der Waals surface area contributed by atoms with Gasteiger partial charge in [0.15, 0.2) is 5.84 Å². The number of imidazole rings is 1. The van der Waals surface area contributed by atoms with Crippen molar-refractivity contribution >= 4 is 5.84 Å². The van der Waals surface area contributed by atoms with Gasteiger partial charge in [-0.15, -0.1) is 0 Å². The smallest absolute Gasteiger partial charge is 0.156 e. The number of oxime groups is 1. The van der Waals surface area contributed by atoms with E-state index in [0.717, 1.165) is 31.9 Å². The van der Waals surface area contributed by atoms with Crippen molar-refractivity contribution in [1.82, 2.24) is 14.5 Å². The van der Waals surface area contributed by atoms with Gasteiger partial charge in [0, 0.05) is 25.5 Å². The lowest BCUT2D eigenvalue weighted by Gasteiger charge is -2.33. The molecule has 88 valence electrons. The summed E-state index contributed by atoms with van der Waals surface area (Å²) in [6, 6.07) is -0.00421. The van der Waals surface area contributed by atoms with Crippen molar-refractivity contribution < 1.29 is 5.21 Å². The minimum absolute atomic E-state index is 0.00421. The Balaban J connectivity index is 2.13. The summed E-state index contributed by atoms with van der Waals surface area (Å²) >= 11 is 0. The molecule has 1 aliphatic rings. The van der Waals surface area contributed by atoms with E-state index in [-0.39, 0.29) is 11.9 Å². The lowest BCUT2D eigenvalue weighted by Crippen LogP contribution is -2.47. The predicted octanol–water partition coefficient (Wildman–Crippen LogP) is 0.224. The number of fused-ring (bicyclic) bond motifs is 1. The van der Waals surface area contributed by atoms with Crippen LogP contribution in [0.15, 0.2) is 17.5 Å². The first-order valence-corrected chi connectivity index (χ1v) is 5.47. The van der Waals surface area contributed by atoms with E-state index >= 15 is 0 Å². The van der Waals surface area contributed by atoms with Crippen molar-refractivity contribution in [2.24, 2.45) is 10.9 Å². The summed E-state index contributed by atoms with van der Waals surface area (Å²) in [5.74, 6) is 1.32. The molecule has 6 nitrogen and oxygen atoms in total. The molecule has 3 N–H and O–H groups in total. The fourth-order valence-electron chi connectivity index (χ4n) is 2.18.